The van der Waals surface area contributed by atoms with E-state index < -0.39 is 0 Å². The molecule has 0 spiro atoms. The van der Waals surface area contributed by atoms with Crippen molar-refractivity contribution in [1.29, 1.82) is 0 Å². The van der Waals surface area contributed by atoms with Gasteiger partial charge in [-0.3, -0.25) is 0 Å². The molecule has 0 radical (unpaired) electrons. The average molecular weight is 637 g/mol. The van der Waals surface area contributed by atoms with E-state index in [1.165, 1.54) is 65.3 Å². The predicted octanol–water partition coefficient (Wildman–Crippen LogP) is 13.4. The first-order chi connectivity index (χ1) is 24.8. The number of aromatic nitrogens is 1. The number of rotatable bonds is 5. The molecule has 1 aromatic heterocycles. The predicted molar refractivity (Wildman–Crippen MR) is 213 cm³/mol. The third kappa shape index (κ3) is 4.50. The number of hydrogen-bond acceptors (Lipinski definition) is 1. The van der Waals surface area contributed by atoms with Crippen LogP contribution in [0.4, 0.5) is 17.1 Å². The van der Waals surface area contributed by atoms with E-state index in [1.54, 1.807) is 0 Å². The molecular formula is C48H32N2. The van der Waals surface area contributed by atoms with Gasteiger partial charge in [0, 0.05) is 33.5 Å². The molecular weight excluding hydrogens is 605 g/mol. The van der Waals surface area contributed by atoms with Crippen molar-refractivity contribution < 1.29 is 0 Å². The Labute approximate surface area is 290 Å². The minimum absolute atomic E-state index is 1.11. The van der Waals surface area contributed by atoms with Gasteiger partial charge in [0.2, 0.25) is 0 Å². The molecule has 0 aliphatic heterocycles. The zero-order valence-corrected chi connectivity index (χ0v) is 27.4. The van der Waals surface area contributed by atoms with E-state index in [9.17, 15) is 0 Å². The summed E-state index contributed by atoms with van der Waals surface area (Å²) in [7, 11) is 0. The third-order valence-electron chi connectivity index (χ3n) is 10.1. The van der Waals surface area contributed by atoms with Crippen LogP contribution >= 0.6 is 0 Å². The highest BCUT2D eigenvalue weighted by atomic mass is 15.1. The molecule has 0 fully saturated rings. The van der Waals surface area contributed by atoms with Gasteiger partial charge < -0.3 is 9.47 Å². The Bertz CT molecular complexity index is 2840. The molecule has 0 unspecified atom stereocenters. The molecule has 2 heteroatoms. The van der Waals surface area contributed by atoms with Crippen LogP contribution in [0.2, 0.25) is 0 Å². The number of benzene rings is 9. The highest BCUT2D eigenvalue weighted by Crippen LogP contribution is 2.42. The van der Waals surface area contributed by atoms with E-state index in [-0.39, 0.29) is 0 Å². The minimum atomic E-state index is 1.11. The van der Waals surface area contributed by atoms with Gasteiger partial charge in [-0.2, -0.15) is 0 Å². The summed E-state index contributed by atoms with van der Waals surface area (Å²) in [5.74, 6) is 0. The molecule has 9 aromatic carbocycles. The van der Waals surface area contributed by atoms with Gasteiger partial charge in [-0.05, 0) is 104 Å². The van der Waals surface area contributed by atoms with Gasteiger partial charge >= 0.3 is 0 Å². The van der Waals surface area contributed by atoms with Gasteiger partial charge in [-0.1, -0.05) is 133 Å². The second-order valence-corrected chi connectivity index (χ2v) is 13.0. The lowest BCUT2D eigenvalue weighted by molar-refractivity contribution is 1.18. The van der Waals surface area contributed by atoms with Crippen molar-refractivity contribution in [2.24, 2.45) is 0 Å². The molecule has 0 saturated carbocycles. The standard InChI is InChI=1S/C48H32N2/c1-3-14-37(15-4-1)49(40-30-31-46-44(32-40)43-19-9-10-21-45(43)50(46)38-16-5-2-6-17-38)39-28-26-34(27-29-39)42-20-11-13-35-24-25-36-23-22-33-12-7-8-18-41(33)48(36)47(35)42/h1-32H. The monoisotopic (exact) mass is 636 g/mol. The average Bonchev–Trinajstić information content (AvgIpc) is 3.52. The van der Waals surface area contributed by atoms with Crippen molar-refractivity contribution in [2.45, 2.75) is 0 Å². The zero-order valence-electron chi connectivity index (χ0n) is 27.4. The maximum Gasteiger partial charge on any atom is 0.0542 e. The summed E-state index contributed by atoms with van der Waals surface area (Å²) < 4.78 is 2.37. The van der Waals surface area contributed by atoms with Crippen LogP contribution in [0.15, 0.2) is 194 Å². The Balaban J connectivity index is 1.14. The Kier molecular flexibility index (Phi) is 6.53. The van der Waals surface area contributed by atoms with Crippen LogP contribution in [0.5, 0.6) is 0 Å². The molecule has 2 nitrogen and oxygen atoms in total. The fraction of sp³-hybridized carbons (Fsp3) is 0. The van der Waals surface area contributed by atoms with Gasteiger partial charge in [0.05, 0.1) is 11.0 Å². The van der Waals surface area contributed by atoms with Gasteiger partial charge in [-0.15, -0.1) is 0 Å². The molecule has 0 atom stereocenters. The highest BCUT2D eigenvalue weighted by Gasteiger charge is 2.18. The number of anilines is 3. The van der Waals surface area contributed by atoms with E-state index in [2.05, 4.69) is 204 Å². The Morgan fingerprint density at radius 3 is 1.72 bits per heavy atom. The van der Waals surface area contributed by atoms with Crippen LogP contribution in [-0.4, -0.2) is 4.57 Å². The lowest BCUT2D eigenvalue weighted by atomic mass is 9.91. The second kappa shape index (κ2) is 11.5. The lowest BCUT2D eigenvalue weighted by Gasteiger charge is -2.26. The Morgan fingerprint density at radius 2 is 0.920 bits per heavy atom. The fourth-order valence-corrected chi connectivity index (χ4v) is 7.88. The van der Waals surface area contributed by atoms with Crippen molar-refractivity contribution >= 4 is 71.2 Å². The maximum absolute atomic E-state index is 2.37. The normalized spacial score (nSPS) is 11.6. The van der Waals surface area contributed by atoms with Crippen molar-refractivity contribution in [2.75, 3.05) is 4.90 Å². The number of para-hydroxylation sites is 3. The first-order valence-electron chi connectivity index (χ1n) is 17.2. The van der Waals surface area contributed by atoms with Crippen LogP contribution in [-0.2, 0) is 0 Å². The third-order valence-corrected chi connectivity index (χ3v) is 10.1. The smallest absolute Gasteiger partial charge is 0.0542 e. The SMILES string of the molecule is c1ccc(N(c2ccc(-c3cccc4ccc5ccc6ccccc6c5c34)cc2)c2ccc3c(c2)c2ccccc2n3-c2ccccc2)cc1. The summed E-state index contributed by atoms with van der Waals surface area (Å²) in [6.45, 7) is 0. The molecule has 50 heavy (non-hydrogen) atoms. The van der Waals surface area contributed by atoms with Gasteiger partial charge in [0.15, 0.2) is 0 Å². The first-order valence-corrected chi connectivity index (χ1v) is 17.2. The molecule has 0 aliphatic carbocycles. The van der Waals surface area contributed by atoms with E-state index in [0.717, 1.165) is 22.7 Å². The lowest BCUT2D eigenvalue weighted by Crippen LogP contribution is -2.09. The molecule has 0 saturated heterocycles. The largest absolute Gasteiger partial charge is 0.310 e. The number of hydrogen-bond donors (Lipinski definition) is 0. The topological polar surface area (TPSA) is 8.17 Å². The van der Waals surface area contributed by atoms with Crippen LogP contribution in [0.25, 0.3) is 70.9 Å². The van der Waals surface area contributed by atoms with Gasteiger partial charge in [-0.25, -0.2) is 0 Å². The summed E-state index contributed by atoms with van der Waals surface area (Å²) in [6.07, 6.45) is 0. The molecule has 0 amide bonds. The minimum Gasteiger partial charge on any atom is -0.310 e. The molecule has 0 aliphatic rings. The van der Waals surface area contributed by atoms with E-state index >= 15 is 0 Å². The van der Waals surface area contributed by atoms with Crippen molar-refractivity contribution in [1.82, 2.24) is 4.57 Å². The summed E-state index contributed by atoms with van der Waals surface area (Å²) in [5.41, 5.74) is 9.37. The Morgan fingerprint density at radius 1 is 0.340 bits per heavy atom. The van der Waals surface area contributed by atoms with E-state index in [1.807, 2.05) is 0 Å². The van der Waals surface area contributed by atoms with Crippen LogP contribution < -0.4 is 4.90 Å². The molecule has 0 N–H and O–H groups in total. The summed E-state index contributed by atoms with van der Waals surface area (Å²) in [5, 5.41) is 10.2. The zero-order chi connectivity index (χ0) is 33.0. The fourth-order valence-electron chi connectivity index (χ4n) is 7.88. The van der Waals surface area contributed by atoms with E-state index in [0.29, 0.717) is 0 Å². The summed E-state index contributed by atoms with van der Waals surface area (Å²) in [6, 6.07) is 70.4. The Hall–Kier alpha value is -6.64. The van der Waals surface area contributed by atoms with Crippen molar-refractivity contribution in [3.8, 4) is 16.8 Å². The van der Waals surface area contributed by atoms with E-state index in [4.69, 9.17) is 0 Å². The molecule has 234 valence electrons. The summed E-state index contributed by atoms with van der Waals surface area (Å²) in [4.78, 5) is 2.36. The van der Waals surface area contributed by atoms with Crippen LogP contribution in [0.3, 0.4) is 0 Å². The summed E-state index contributed by atoms with van der Waals surface area (Å²) >= 11 is 0. The second-order valence-electron chi connectivity index (χ2n) is 13.0. The molecule has 10 aromatic rings. The van der Waals surface area contributed by atoms with Crippen molar-refractivity contribution in [3.63, 3.8) is 0 Å². The number of nitrogens with zero attached hydrogens (tertiary/aromatic N) is 2. The van der Waals surface area contributed by atoms with Gasteiger partial charge in [0.1, 0.15) is 0 Å². The first kappa shape index (κ1) is 28.4. The quantitative estimate of drug-likeness (QED) is 0.171. The van der Waals surface area contributed by atoms with Gasteiger partial charge in [0.25, 0.3) is 0 Å². The van der Waals surface area contributed by atoms with Crippen LogP contribution in [0, 0.1) is 0 Å². The number of fused-ring (bicyclic) bond motifs is 8. The maximum atomic E-state index is 2.37. The molecule has 0 bridgehead atoms. The molecule has 1 heterocycles. The van der Waals surface area contributed by atoms with Crippen molar-refractivity contribution in [3.05, 3.63) is 194 Å². The van der Waals surface area contributed by atoms with Crippen LogP contribution in [0.1, 0.15) is 0 Å². The highest BCUT2D eigenvalue weighted by molar-refractivity contribution is 6.24. The molecule has 10 rings (SSSR count).